The Labute approximate surface area is 99.8 Å². The lowest BCUT2D eigenvalue weighted by molar-refractivity contribution is -0.119. The molecule has 1 aromatic rings. The third-order valence-electron chi connectivity index (χ3n) is 3.16. The number of hydrogen-bond donors (Lipinski definition) is 1. The van der Waals surface area contributed by atoms with Crippen LogP contribution in [0.5, 0.6) is 0 Å². The van der Waals surface area contributed by atoms with Gasteiger partial charge in [-0.15, -0.1) is 0 Å². The van der Waals surface area contributed by atoms with Crippen LogP contribution in [0.4, 0.5) is 4.39 Å². The standard InChI is InChI=1S/C13H15FN2O/c14-8-1-3-12(17)16-13(6-2-7-13)11-4-9-15-10-5-11/h1,3-5,9-10H,2,6-8H2,(H,16,17)/b3-1+. The molecule has 1 saturated carbocycles. The summed E-state index contributed by atoms with van der Waals surface area (Å²) in [4.78, 5) is 15.6. The largest absolute Gasteiger partial charge is 0.343 e. The average molecular weight is 234 g/mol. The third-order valence-corrected chi connectivity index (χ3v) is 3.16. The minimum absolute atomic E-state index is 0.237. The Hall–Kier alpha value is -1.71. The molecule has 1 heterocycles. The van der Waals surface area contributed by atoms with Crippen LogP contribution < -0.4 is 5.32 Å². The normalized spacial score (nSPS) is 17.7. The molecule has 1 aromatic heterocycles. The Morgan fingerprint density at radius 3 is 2.71 bits per heavy atom. The van der Waals surface area contributed by atoms with Gasteiger partial charge in [-0.1, -0.05) is 0 Å². The quantitative estimate of drug-likeness (QED) is 0.811. The zero-order chi connectivity index (χ0) is 12.1. The molecule has 0 aromatic carbocycles. The van der Waals surface area contributed by atoms with Crippen LogP contribution in [-0.2, 0) is 10.3 Å². The molecular formula is C13H15FN2O. The van der Waals surface area contributed by atoms with Gasteiger partial charge < -0.3 is 5.32 Å². The van der Waals surface area contributed by atoms with Crippen molar-refractivity contribution in [2.24, 2.45) is 0 Å². The smallest absolute Gasteiger partial charge is 0.244 e. The molecule has 90 valence electrons. The molecule has 1 aliphatic rings. The fourth-order valence-corrected chi connectivity index (χ4v) is 2.12. The minimum atomic E-state index is -0.615. The lowest BCUT2D eigenvalue weighted by Crippen LogP contribution is -2.50. The molecule has 0 saturated heterocycles. The van der Waals surface area contributed by atoms with Crippen molar-refractivity contribution in [3.05, 3.63) is 42.2 Å². The summed E-state index contributed by atoms with van der Waals surface area (Å²) in [6.07, 6.45) is 8.85. The summed E-state index contributed by atoms with van der Waals surface area (Å²) in [7, 11) is 0. The first-order valence-electron chi connectivity index (χ1n) is 5.72. The first-order chi connectivity index (χ1) is 8.27. The highest BCUT2D eigenvalue weighted by Crippen LogP contribution is 2.40. The number of alkyl halides is 1. The van der Waals surface area contributed by atoms with Gasteiger partial charge in [0.2, 0.25) is 5.91 Å². The van der Waals surface area contributed by atoms with Crippen molar-refractivity contribution in [1.29, 1.82) is 0 Å². The number of aromatic nitrogens is 1. The van der Waals surface area contributed by atoms with Crippen molar-refractivity contribution in [2.75, 3.05) is 6.67 Å². The van der Waals surface area contributed by atoms with E-state index in [0.717, 1.165) is 24.8 Å². The van der Waals surface area contributed by atoms with E-state index in [-0.39, 0.29) is 11.4 Å². The summed E-state index contributed by atoms with van der Waals surface area (Å²) in [5.41, 5.74) is 0.793. The average Bonchev–Trinajstić information content (AvgIpc) is 2.32. The number of amides is 1. The highest BCUT2D eigenvalue weighted by Gasteiger charge is 2.39. The van der Waals surface area contributed by atoms with Crippen LogP contribution in [0.1, 0.15) is 24.8 Å². The number of nitrogens with one attached hydrogen (secondary N) is 1. The number of nitrogens with zero attached hydrogens (tertiary/aromatic N) is 1. The molecule has 4 heteroatoms. The van der Waals surface area contributed by atoms with Gasteiger partial charge in [0.15, 0.2) is 0 Å². The van der Waals surface area contributed by atoms with Gasteiger partial charge in [0, 0.05) is 18.5 Å². The Kier molecular flexibility index (Phi) is 3.52. The molecule has 1 aliphatic carbocycles. The fourth-order valence-electron chi connectivity index (χ4n) is 2.12. The van der Waals surface area contributed by atoms with Gasteiger partial charge in [0.1, 0.15) is 6.67 Å². The summed E-state index contributed by atoms with van der Waals surface area (Å²) in [5, 5.41) is 2.96. The number of carbonyl (C=O) groups excluding carboxylic acids is 1. The highest BCUT2D eigenvalue weighted by molar-refractivity contribution is 5.88. The Bertz CT molecular complexity index is 413. The molecule has 0 unspecified atom stereocenters. The third kappa shape index (κ3) is 2.52. The molecular weight excluding hydrogens is 219 g/mol. The van der Waals surface area contributed by atoms with Crippen LogP contribution in [0.25, 0.3) is 0 Å². The van der Waals surface area contributed by atoms with E-state index in [1.54, 1.807) is 12.4 Å². The molecule has 3 nitrogen and oxygen atoms in total. The van der Waals surface area contributed by atoms with E-state index in [1.165, 1.54) is 12.2 Å². The van der Waals surface area contributed by atoms with Gasteiger partial charge in [0.05, 0.1) is 5.54 Å². The van der Waals surface area contributed by atoms with E-state index in [4.69, 9.17) is 0 Å². The molecule has 17 heavy (non-hydrogen) atoms. The topological polar surface area (TPSA) is 42.0 Å². The van der Waals surface area contributed by atoms with Crippen molar-refractivity contribution < 1.29 is 9.18 Å². The van der Waals surface area contributed by atoms with E-state index < -0.39 is 6.67 Å². The molecule has 0 aliphatic heterocycles. The van der Waals surface area contributed by atoms with Gasteiger partial charge in [-0.25, -0.2) is 4.39 Å². The first kappa shape index (κ1) is 11.8. The molecule has 2 rings (SSSR count). The first-order valence-corrected chi connectivity index (χ1v) is 5.72. The van der Waals surface area contributed by atoms with Crippen molar-refractivity contribution in [2.45, 2.75) is 24.8 Å². The summed E-state index contributed by atoms with van der Waals surface area (Å²) in [5.74, 6) is -0.237. The lowest BCUT2D eigenvalue weighted by Gasteiger charge is -2.42. The monoisotopic (exact) mass is 234 g/mol. The van der Waals surface area contributed by atoms with E-state index in [0.29, 0.717) is 0 Å². The number of halogens is 1. The second-order valence-electron chi connectivity index (χ2n) is 4.22. The van der Waals surface area contributed by atoms with Gasteiger partial charge in [-0.2, -0.15) is 0 Å². The Balaban J connectivity index is 2.11. The molecule has 1 fully saturated rings. The maximum absolute atomic E-state index is 11.9. The predicted molar refractivity (Wildman–Crippen MR) is 63.0 cm³/mol. The van der Waals surface area contributed by atoms with Crippen molar-refractivity contribution in [3.63, 3.8) is 0 Å². The van der Waals surface area contributed by atoms with Crippen LogP contribution in [0.15, 0.2) is 36.7 Å². The number of carbonyl (C=O) groups is 1. The van der Waals surface area contributed by atoms with Crippen LogP contribution in [0.3, 0.4) is 0 Å². The van der Waals surface area contributed by atoms with E-state index in [1.807, 2.05) is 12.1 Å². The maximum Gasteiger partial charge on any atom is 0.244 e. The van der Waals surface area contributed by atoms with E-state index in [2.05, 4.69) is 10.3 Å². The van der Waals surface area contributed by atoms with Gasteiger partial charge in [0.25, 0.3) is 0 Å². The molecule has 0 atom stereocenters. The van der Waals surface area contributed by atoms with Crippen molar-refractivity contribution in [1.82, 2.24) is 10.3 Å². The predicted octanol–water partition coefficient (Wildman–Crippen LogP) is 2.10. The minimum Gasteiger partial charge on any atom is -0.343 e. The van der Waals surface area contributed by atoms with Gasteiger partial charge in [-0.3, -0.25) is 9.78 Å². The summed E-state index contributed by atoms with van der Waals surface area (Å²) in [6.45, 7) is -0.615. The fraction of sp³-hybridized carbons (Fsp3) is 0.385. The molecule has 0 radical (unpaired) electrons. The zero-order valence-corrected chi connectivity index (χ0v) is 9.53. The number of pyridine rings is 1. The molecule has 1 N–H and O–H groups in total. The van der Waals surface area contributed by atoms with Crippen LogP contribution in [-0.4, -0.2) is 17.6 Å². The summed E-state index contributed by atoms with van der Waals surface area (Å²) >= 11 is 0. The SMILES string of the molecule is O=C(/C=C/CF)NC1(c2ccncc2)CCC1. The number of rotatable bonds is 4. The molecule has 0 spiro atoms. The Morgan fingerprint density at radius 1 is 1.47 bits per heavy atom. The second-order valence-corrected chi connectivity index (χ2v) is 4.22. The number of hydrogen-bond acceptors (Lipinski definition) is 2. The second kappa shape index (κ2) is 5.08. The van der Waals surface area contributed by atoms with Gasteiger partial charge in [-0.05, 0) is 43.0 Å². The van der Waals surface area contributed by atoms with Crippen molar-refractivity contribution in [3.8, 4) is 0 Å². The Morgan fingerprint density at radius 2 is 2.18 bits per heavy atom. The summed E-state index contributed by atoms with van der Waals surface area (Å²) < 4.78 is 11.9. The van der Waals surface area contributed by atoms with E-state index >= 15 is 0 Å². The van der Waals surface area contributed by atoms with Crippen LogP contribution in [0.2, 0.25) is 0 Å². The highest BCUT2D eigenvalue weighted by atomic mass is 19.1. The lowest BCUT2D eigenvalue weighted by atomic mass is 9.72. The summed E-state index contributed by atoms with van der Waals surface area (Å²) in [6, 6.07) is 3.83. The van der Waals surface area contributed by atoms with Crippen molar-refractivity contribution >= 4 is 5.91 Å². The molecule has 1 amide bonds. The zero-order valence-electron chi connectivity index (χ0n) is 9.53. The van der Waals surface area contributed by atoms with Gasteiger partial charge >= 0.3 is 0 Å². The maximum atomic E-state index is 11.9. The van der Waals surface area contributed by atoms with Crippen LogP contribution >= 0.6 is 0 Å². The van der Waals surface area contributed by atoms with E-state index in [9.17, 15) is 9.18 Å². The van der Waals surface area contributed by atoms with Crippen LogP contribution in [0, 0.1) is 0 Å². The number of allylic oxidation sites excluding steroid dienone is 1. The molecule has 0 bridgehead atoms.